The van der Waals surface area contributed by atoms with Crippen LogP contribution in [0.5, 0.6) is 0 Å². The lowest BCUT2D eigenvalue weighted by atomic mass is 10.1. The van der Waals surface area contributed by atoms with E-state index in [1.807, 2.05) is 0 Å². The van der Waals surface area contributed by atoms with Crippen LogP contribution in [0.4, 0.5) is 0 Å². The van der Waals surface area contributed by atoms with Crippen molar-refractivity contribution in [2.24, 2.45) is 0 Å². The van der Waals surface area contributed by atoms with Gasteiger partial charge in [-0.15, -0.1) is 0 Å². The van der Waals surface area contributed by atoms with Crippen molar-refractivity contribution < 1.29 is 4.74 Å². The van der Waals surface area contributed by atoms with Crippen LogP contribution >= 0.6 is 0 Å². The zero-order valence-corrected chi connectivity index (χ0v) is 7.76. The number of rotatable bonds is 2. The number of morpholine rings is 1. The Morgan fingerprint density at radius 2 is 2.09 bits per heavy atom. The maximum absolute atomic E-state index is 5.78. The van der Waals surface area contributed by atoms with Crippen LogP contribution in [-0.4, -0.2) is 24.8 Å². The number of hydrogen-bond acceptors (Lipinski definition) is 2. The van der Waals surface area contributed by atoms with E-state index in [4.69, 9.17) is 4.74 Å². The van der Waals surface area contributed by atoms with Gasteiger partial charge in [-0.05, 0) is 19.8 Å². The molecule has 0 aromatic heterocycles. The second-order valence-corrected chi connectivity index (χ2v) is 3.29. The van der Waals surface area contributed by atoms with Crippen molar-refractivity contribution in [1.29, 1.82) is 0 Å². The van der Waals surface area contributed by atoms with E-state index in [1.54, 1.807) is 0 Å². The van der Waals surface area contributed by atoms with E-state index in [0.29, 0.717) is 18.2 Å². The molecule has 2 nitrogen and oxygen atoms in total. The maximum Gasteiger partial charge on any atom is 0.0704 e. The van der Waals surface area contributed by atoms with Crippen molar-refractivity contribution >= 4 is 0 Å². The Balaban J connectivity index is 2.34. The summed E-state index contributed by atoms with van der Waals surface area (Å²) in [4.78, 5) is 0. The van der Waals surface area contributed by atoms with Crippen molar-refractivity contribution in [3.8, 4) is 0 Å². The highest BCUT2D eigenvalue weighted by atomic mass is 16.5. The van der Waals surface area contributed by atoms with Crippen molar-refractivity contribution in [2.45, 2.75) is 51.9 Å². The number of hydrogen-bond donors (Lipinski definition) is 1. The summed E-state index contributed by atoms with van der Waals surface area (Å²) in [6.07, 6.45) is 3.11. The summed E-state index contributed by atoms with van der Waals surface area (Å²) in [5.74, 6) is 0. The van der Waals surface area contributed by atoms with Crippen molar-refractivity contribution in [3.63, 3.8) is 0 Å². The Morgan fingerprint density at radius 1 is 1.36 bits per heavy atom. The average molecular weight is 157 g/mol. The summed E-state index contributed by atoms with van der Waals surface area (Å²) in [6, 6.07) is 0.567. The molecule has 0 aromatic rings. The predicted octanol–water partition coefficient (Wildman–Crippen LogP) is 1.55. The van der Waals surface area contributed by atoms with Gasteiger partial charge in [-0.2, -0.15) is 0 Å². The topological polar surface area (TPSA) is 21.3 Å². The minimum Gasteiger partial charge on any atom is -0.372 e. The van der Waals surface area contributed by atoms with Crippen LogP contribution in [0.2, 0.25) is 0 Å². The minimum atomic E-state index is 0.388. The van der Waals surface area contributed by atoms with Gasteiger partial charge in [-0.25, -0.2) is 0 Å². The molecule has 0 bridgehead atoms. The van der Waals surface area contributed by atoms with Gasteiger partial charge in [-0.1, -0.05) is 13.8 Å². The van der Waals surface area contributed by atoms with Gasteiger partial charge in [0.2, 0.25) is 0 Å². The Kier molecular flexibility index (Phi) is 3.34. The molecule has 0 radical (unpaired) electrons. The summed E-state index contributed by atoms with van der Waals surface area (Å²) in [6.45, 7) is 7.55. The summed E-state index contributed by atoms with van der Waals surface area (Å²) in [5, 5.41) is 3.49. The molecule has 1 saturated heterocycles. The van der Waals surface area contributed by atoms with Crippen LogP contribution in [0.25, 0.3) is 0 Å². The molecule has 0 aliphatic carbocycles. The van der Waals surface area contributed by atoms with Crippen LogP contribution < -0.4 is 5.32 Å². The quantitative estimate of drug-likeness (QED) is 0.656. The molecule has 1 N–H and O–H groups in total. The van der Waals surface area contributed by atoms with Crippen LogP contribution in [0, 0.1) is 0 Å². The highest BCUT2D eigenvalue weighted by molar-refractivity contribution is 4.80. The third-order valence-corrected chi connectivity index (χ3v) is 2.48. The van der Waals surface area contributed by atoms with Crippen LogP contribution in [0.1, 0.15) is 33.6 Å². The average Bonchev–Trinajstić information content (AvgIpc) is 2.04. The van der Waals surface area contributed by atoms with Crippen LogP contribution in [0.15, 0.2) is 0 Å². The normalized spacial score (nSPS) is 39.0. The van der Waals surface area contributed by atoms with Gasteiger partial charge in [-0.3, -0.25) is 0 Å². The summed E-state index contributed by atoms with van der Waals surface area (Å²) >= 11 is 0. The van der Waals surface area contributed by atoms with E-state index in [0.717, 1.165) is 19.4 Å². The zero-order valence-electron chi connectivity index (χ0n) is 7.76. The molecule has 1 aliphatic rings. The van der Waals surface area contributed by atoms with Gasteiger partial charge >= 0.3 is 0 Å². The van der Waals surface area contributed by atoms with Crippen molar-refractivity contribution in [1.82, 2.24) is 5.32 Å². The molecule has 1 aliphatic heterocycles. The molecule has 1 rings (SSSR count). The molecule has 0 saturated carbocycles. The molecular weight excluding hydrogens is 138 g/mol. The standard InChI is InChI=1S/C9H19NO/c1-4-8-6-10-9(5-2)7(3)11-8/h7-10H,4-6H2,1-3H3. The monoisotopic (exact) mass is 157 g/mol. The molecule has 1 heterocycles. The van der Waals surface area contributed by atoms with E-state index in [2.05, 4.69) is 26.1 Å². The van der Waals surface area contributed by atoms with Gasteiger partial charge in [0.1, 0.15) is 0 Å². The molecule has 2 heteroatoms. The SMILES string of the molecule is CCC1CNC(CC)C(C)O1. The second kappa shape index (κ2) is 4.07. The van der Waals surface area contributed by atoms with Gasteiger partial charge in [0.05, 0.1) is 12.2 Å². The van der Waals surface area contributed by atoms with E-state index >= 15 is 0 Å². The lowest BCUT2D eigenvalue weighted by Crippen LogP contribution is -2.50. The van der Waals surface area contributed by atoms with E-state index in [9.17, 15) is 0 Å². The van der Waals surface area contributed by atoms with E-state index < -0.39 is 0 Å². The third kappa shape index (κ3) is 2.17. The highest BCUT2D eigenvalue weighted by Crippen LogP contribution is 2.13. The molecule has 66 valence electrons. The molecule has 3 unspecified atom stereocenters. The number of nitrogens with one attached hydrogen (secondary N) is 1. The Labute approximate surface area is 69.3 Å². The van der Waals surface area contributed by atoms with E-state index in [-0.39, 0.29) is 0 Å². The lowest BCUT2D eigenvalue weighted by molar-refractivity contribution is -0.0546. The lowest BCUT2D eigenvalue weighted by Gasteiger charge is -2.34. The first-order valence-corrected chi connectivity index (χ1v) is 4.66. The zero-order chi connectivity index (χ0) is 8.27. The first-order chi connectivity index (χ1) is 5.27. The van der Waals surface area contributed by atoms with Gasteiger partial charge in [0.25, 0.3) is 0 Å². The molecule has 1 fully saturated rings. The molecule has 3 atom stereocenters. The Hall–Kier alpha value is -0.0800. The molecule has 0 amide bonds. The first kappa shape index (κ1) is 9.01. The van der Waals surface area contributed by atoms with Crippen molar-refractivity contribution in [2.75, 3.05) is 6.54 Å². The molecular formula is C9H19NO. The fourth-order valence-corrected chi connectivity index (χ4v) is 1.61. The fraction of sp³-hybridized carbons (Fsp3) is 1.00. The summed E-state index contributed by atoms with van der Waals surface area (Å²) in [5.41, 5.74) is 0. The molecule has 11 heavy (non-hydrogen) atoms. The van der Waals surface area contributed by atoms with Crippen LogP contribution in [-0.2, 0) is 4.74 Å². The van der Waals surface area contributed by atoms with E-state index in [1.165, 1.54) is 0 Å². The number of ether oxygens (including phenoxy) is 1. The Bertz CT molecular complexity index is 116. The van der Waals surface area contributed by atoms with Gasteiger partial charge in [0, 0.05) is 12.6 Å². The smallest absolute Gasteiger partial charge is 0.0704 e. The third-order valence-electron chi connectivity index (χ3n) is 2.48. The first-order valence-electron chi connectivity index (χ1n) is 4.66. The largest absolute Gasteiger partial charge is 0.372 e. The Morgan fingerprint density at radius 3 is 2.55 bits per heavy atom. The van der Waals surface area contributed by atoms with Crippen LogP contribution in [0.3, 0.4) is 0 Å². The van der Waals surface area contributed by atoms with Gasteiger partial charge < -0.3 is 10.1 Å². The molecule has 0 spiro atoms. The second-order valence-electron chi connectivity index (χ2n) is 3.29. The molecule has 0 aromatic carbocycles. The predicted molar refractivity (Wildman–Crippen MR) is 46.7 cm³/mol. The maximum atomic E-state index is 5.78. The summed E-state index contributed by atoms with van der Waals surface area (Å²) < 4.78 is 5.78. The van der Waals surface area contributed by atoms with Crippen molar-refractivity contribution in [3.05, 3.63) is 0 Å². The van der Waals surface area contributed by atoms with Gasteiger partial charge in [0.15, 0.2) is 0 Å². The highest BCUT2D eigenvalue weighted by Gasteiger charge is 2.24. The fourth-order valence-electron chi connectivity index (χ4n) is 1.61. The minimum absolute atomic E-state index is 0.388. The summed E-state index contributed by atoms with van der Waals surface area (Å²) in [7, 11) is 0.